The molecule has 36 heavy (non-hydrogen) atoms. The molecule has 0 bridgehead atoms. The number of aromatic nitrogens is 3. The molecule has 178 valence electrons. The number of thiophene rings is 1. The van der Waals surface area contributed by atoms with E-state index in [0.717, 1.165) is 37.5 Å². The number of hydrogen-bond donors (Lipinski definition) is 2. The van der Waals surface area contributed by atoms with Crippen LogP contribution in [0.25, 0.3) is 10.1 Å². The van der Waals surface area contributed by atoms with E-state index in [2.05, 4.69) is 55.5 Å². The third-order valence-electron chi connectivity index (χ3n) is 5.82. The first kappa shape index (κ1) is 23.3. The highest BCUT2D eigenvalue weighted by Gasteiger charge is 2.09. The Morgan fingerprint density at radius 1 is 1.00 bits per heavy atom. The number of nitriles is 1. The number of carbonyl (C=O) groups excluding carboxylic acids is 1. The Morgan fingerprint density at radius 3 is 2.69 bits per heavy atom. The van der Waals surface area contributed by atoms with Crippen LogP contribution >= 0.6 is 11.3 Å². The smallest absolute Gasteiger partial charge is 0.225 e. The van der Waals surface area contributed by atoms with E-state index in [-0.39, 0.29) is 5.91 Å². The fraction of sp³-hybridized carbons (Fsp3) is 0.143. The highest BCUT2D eigenvalue weighted by atomic mass is 32.1. The third-order valence-corrected chi connectivity index (χ3v) is 6.94. The zero-order chi connectivity index (χ0) is 24.7. The Morgan fingerprint density at radius 2 is 1.89 bits per heavy atom. The lowest BCUT2D eigenvalue weighted by Gasteiger charge is -2.10. The maximum Gasteiger partial charge on any atom is 0.225 e. The zero-order valence-corrected chi connectivity index (χ0v) is 20.3. The van der Waals surface area contributed by atoms with Crippen molar-refractivity contribution in [3.05, 3.63) is 113 Å². The van der Waals surface area contributed by atoms with Crippen molar-refractivity contribution in [1.29, 1.82) is 5.26 Å². The average molecular weight is 493 g/mol. The van der Waals surface area contributed by atoms with Crippen molar-refractivity contribution in [2.45, 2.75) is 26.1 Å². The summed E-state index contributed by atoms with van der Waals surface area (Å²) in [6, 6.07) is 21.9. The number of nitrogens with zero attached hydrogens (tertiary/aromatic N) is 4. The van der Waals surface area contributed by atoms with Gasteiger partial charge in [-0.3, -0.25) is 9.78 Å². The van der Waals surface area contributed by atoms with Gasteiger partial charge >= 0.3 is 0 Å². The van der Waals surface area contributed by atoms with Crippen LogP contribution in [0, 0.1) is 11.3 Å². The van der Waals surface area contributed by atoms with Crippen LogP contribution in [0.4, 0.5) is 5.69 Å². The van der Waals surface area contributed by atoms with Gasteiger partial charge in [0.05, 0.1) is 36.6 Å². The molecule has 0 saturated carbocycles. The molecule has 3 heterocycles. The predicted molar refractivity (Wildman–Crippen MR) is 141 cm³/mol. The molecule has 0 unspecified atom stereocenters. The number of pyridine rings is 1. The van der Waals surface area contributed by atoms with E-state index in [4.69, 9.17) is 5.26 Å². The highest BCUT2D eigenvalue weighted by molar-refractivity contribution is 7.19. The van der Waals surface area contributed by atoms with Gasteiger partial charge in [0.15, 0.2) is 0 Å². The van der Waals surface area contributed by atoms with Crippen LogP contribution in [0.2, 0.25) is 0 Å². The van der Waals surface area contributed by atoms with Gasteiger partial charge in [-0.15, -0.1) is 11.3 Å². The molecule has 1 amide bonds. The SMILES string of the molecule is N#Cc1ccc(Cn2cncc2CNc2ccc3sc(CC(=O)NCc4cccnc4)cc3c2)cc1. The molecule has 0 saturated heterocycles. The van der Waals surface area contributed by atoms with E-state index in [0.29, 0.717) is 31.6 Å². The molecule has 0 spiro atoms. The number of fused-ring (bicyclic) bond motifs is 1. The molecule has 0 aliphatic carbocycles. The second-order valence-electron chi connectivity index (χ2n) is 8.46. The normalized spacial score (nSPS) is 10.8. The van der Waals surface area contributed by atoms with Crippen molar-refractivity contribution < 1.29 is 4.79 Å². The summed E-state index contributed by atoms with van der Waals surface area (Å²) in [5, 5.41) is 16.5. The molecular weight excluding hydrogens is 468 g/mol. The van der Waals surface area contributed by atoms with Gasteiger partial charge < -0.3 is 15.2 Å². The van der Waals surface area contributed by atoms with Crippen molar-refractivity contribution in [3.8, 4) is 6.07 Å². The fourth-order valence-electron chi connectivity index (χ4n) is 3.93. The number of benzene rings is 2. The Bertz CT molecular complexity index is 1520. The predicted octanol–water partition coefficient (Wildman–Crippen LogP) is 4.88. The number of rotatable bonds is 9. The average Bonchev–Trinajstić information content (AvgIpc) is 3.52. The summed E-state index contributed by atoms with van der Waals surface area (Å²) in [5.41, 5.74) is 4.83. The first-order chi connectivity index (χ1) is 17.7. The summed E-state index contributed by atoms with van der Waals surface area (Å²) in [4.78, 5) is 21.8. The number of amides is 1. The second-order valence-corrected chi connectivity index (χ2v) is 9.62. The van der Waals surface area contributed by atoms with E-state index >= 15 is 0 Å². The van der Waals surface area contributed by atoms with Gasteiger partial charge in [0.25, 0.3) is 0 Å². The Balaban J connectivity index is 1.18. The summed E-state index contributed by atoms with van der Waals surface area (Å²) < 4.78 is 3.25. The number of imidazole rings is 1. The number of anilines is 1. The lowest BCUT2D eigenvalue weighted by Crippen LogP contribution is -2.24. The zero-order valence-electron chi connectivity index (χ0n) is 19.5. The number of carbonyl (C=O) groups is 1. The minimum absolute atomic E-state index is 0.000664. The highest BCUT2D eigenvalue weighted by Crippen LogP contribution is 2.28. The van der Waals surface area contributed by atoms with Crippen LogP contribution in [-0.4, -0.2) is 20.4 Å². The molecule has 0 fully saturated rings. The van der Waals surface area contributed by atoms with Crippen LogP contribution in [0.1, 0.15) is 27.3 Å². The van der Waals surface area contributed by atoms with Gasteiger partial charge in [0, 0.05) is 46.9 Å². The first-order valence-corrected chi connectivity index (χ1v) is 12.4. The third kappa shape index (κ3) is 5.77. The summed E-state index contributed by atoms with van der Waals surface area (Å²) in [5.74, 6) is -0.000664. The monoisotopic (exact) mass is 492 g/mol. The van der Waals surface area contributed by atoms with Gasteiger partial charge in [-0.05, 0) is 59.0 Å². The lowest BCUT2D eigenvalue weighted by molar-refractivity contribution is -0.120. The van der Waals surface area contributed by atoms with Gasteiger partial charge in [-0.1, -0.05) is 18.2 Å². The van der Waals surface area contributed by atoms with Crippen LogP contribution in [-0.2, 0) is 30.8 Å². The Labute approximate surface area is 213 Å². The van der Waals surface area contributed by atoms with Crippen molar-refractivity contribution in [2.24, 2.45) is 0 Å². The van der Waals surface area contributed by atoms with Crippen molar-refractivity contribution in [3.63, 3.8) is 0 Å². The number of hydrogen-bond acceptors (Lipinski definition) is 6. The van der Waals surface area contributed by atoms with Crippen molar-refractivity contribution in [1.82, 2.24) is 19.9 Å². The Kier molecular flexibility index (Phi) is 7.01. The van der Waals surface area contributed by atoms with Crippen LogP contribution in [0.5, 0.6) is 0 Å². The second kappa shape index (κ2) is 10.8. The fourth-order valence-corrected chi connectivity index (χ4v) is 4.97. The molecular formula is C28H24N6OS. The largest absolute Gasteiger partial charge is 0.379 e. The molecule has 2 N–H and O–H groups in total. The van der Waals surface area contributed by atoms with Gasteiger partial charge in [-0.2, -0.15) is 5.26 Å². The van der Waals surface area contributed by atoms with E-state index in [1.165, 1.54) is 0 Å². The van der Waals surface area contributed by atoms with Crippen LogP contribution in [0.15, 0.2) is 85.6 Å². The van der Waals surface area contributed by atoms with Crippen LogP contribution < -0.4 is 10.6 Å². The van der Waals surface area contributed by atoms with Gasteiger partial charge in [0.1, 0.15) is 0 Å². The molecule has 0 aliphatic rings. The summed E-state index contributed by atoms with van der Waals surface area (Å²) in [6.45, 7) is 1.81. The van der Waals surface area contributed by atoms with E-state index in [9.17, 15) is 4.79 Å². The van der Waals surface area contributed by atoms with Crippen molar-refractivity contribution >= 4 is 33.0 Å². The number of nitrogens with one attached hydrogen (secondary N) is 2. The van der Waals surface area contributed by atoms with E-state index < -0.39 is 0 Å². The first-order valence-electron chi connectivity index (χ1n) is 11.6. The van der Waals surface area contributed by atoms with Crippen molar-refractivity contribution in [2.75, 3.05) is 5.32 Å². The summed E-state index contributed by atoms with van der Waals surface area (Å²) in [7, 11) is 0. The Hall–Kier alpha value is -4.48. The molecule has 2 aromatic carbocycles. The maximum absolute atomic E-state index is 12.4. The standard InChI is InChI=1S/C28H24N6OS/c29-13-20-3-5-21(6-4-20)18-34-19-31-16-25(34)17-32-24-7-8-27-23(10-24)11-26(36-27)12-28(35)33-15-22-2-1-9-30-14-22/h1-11,14,16,19,32H,12,15,17-18H2,(H,33,35). The molecule has 7 nitrogen and oxygen atoms in total. The molecule has 8 heteroatoms. The molecule has 3 aromatic heterocycles. The lowest BCUT2D eigenvalue weighted by atomic mass is 10.1. The molecule has 0 atom stereocenters. The van der Waals surface area contributed by atoms with E-state index in [1.54, 1.807) is 23.7 Å². The summed E-state index contributed by atoms with van der Waals surface area (Å²) in [6.07, 6.45) is 7.52. The van der Waals surface area contributed by atoms with Crippen LogP contribution in [0.3, 0.4) is 0 Å². The molecule has 5 rings (SSSR count). The molecule has 5 aromatic rings. The topological polar surface area (TPSA) is 95.6 Å². The summed E-state index contributed by atoms with van der Waals surface area (Å²) >= 11 is 1.64. The van der Waals surface area contributed by atoms with Gasteiger partial charge in [0.2, 0.25) is 5.91 Å². The maximum atomic E-state index is 12.4. The minimum atomic E-state index is -0.000664. The molecule has 0 aliphatic heterocycles. The minimum Gasteiger partial charge on any atom is -0.379 e. The van der Waals surface area contributed by atoms with E-state index in [1.807, 2.05) is 48.9 Å². The van der Waals surface area contributed by atoms with Gasteiger partial charge in [-0.25, -0.2) is 4.98 Å². The molecule has 0 radical (unpaired) electrons. The quantitative estimate of drug-likeness (QED) is 0.306.